The van der Waals surface area contributed by atoms with Gasteiger partial charge in [-0.25, -0.2) is 4.99 Å². The molecule has 0 unspecified atom stereocenters. The first-order valence-corrected chi connectivity index (χ1v) is 9.06. The van der Waals surface area contributed by atoms with Crippen LogP contribution in [0.1, 0.15) is 18.1 Å². The fraction of sp³-hybridized carbons (Fsp3) is 0.381. The minimum Gasteiger partial charge on any atom is -0.497 e. The Labute approximate surface area is 184 Å². The molecule has 154 valence electrons. The molecule has 2 N–H and O–H groups in total. The molecule has 2 aromatic carbocycles. The molecule has 0 heterocycles. The number of rotatable bonds is 9. The standard InChI is InChI=1S/C21H29N3O3.HI/c1-5-22-21(23-12-11-16-7-6-8-18(13-16)25-2)24-15-17-9-10-19(26-3)14-20(17)27-4;/h6-10,13-14H,5,11-12,15H2,1-4H3,(H2,22,23,24);1H. The molecule has 0 fully saturated rings. The van der Waals surface area contributed by atoms with Crippen LogP contribution in [0.3, 0.4) is 0 Å². The highest BCUT2D eigenvalue weighted by atomic mass is 127. The Morgan fingerprint density at radius 1 is 0.929 bits per heavy atom. The maximum absolute atomic E-state index is 5.44. The molecular formula is C21H30IN3O3. The average Bonchev–Trinajstić information content (AvgIpc) is 2.72. The van der Waals surface area contributed by atoms with E-state index >= 15 is 0 Å². The predicted molar refractivity (Wildman–Crippen MR) is 124 cm³/mol. The summed E-state index contributed by atoms with van der Waals surface area (Å²) in [5.74, 6) is 3.19. The zero-order valence-electron chi connectivity index (χ0n) is 17.0. The van der Waals surface area contributed by atoms with Crippen LogP contribution in [0.5, 0.6) is 17.2 Å². The number of nitrogens with zero attached hydrogens (tertiary/aromatic N) is 1. The van der Waals surface area contributed by atoms with Crippen molar-refractivity contribution in [1.82, 2.24) is 10.6 Å². The van der Waals surface area contributed by atoms with Gasteiger partial charge in [-0.2, -0.15) is 0 Å². The van der Waals surface area contributed by atoms with Gasteiger partial charge in [0, 0.05) is 24.7 Å². The lowest BCUT2D eigenvalue weighted by Gasteiger charge is -2.13. The highest BCUT2D eigenvalue weighted by Gasteiger charge is 2.05. The van der Waals surface area contributed by atoms with Crippen LogP contribution in [0, 0.1) is 0 Å². The summed E-state index contributed by atoms with van der Waals surface area (Å²) in [7, 11) is 4.97. The van der Waals surface area contributed by atoms with Gasteiger partial charge in [0.05, 0.1) is 27.9 Å². The third-order valence-corrected chi connectivity index (χ3v) is 4.09. The number of nitrogens with one attached hydrogen (secondary N) is 2. The molecule has 0 spiro atoms. The van der Waals surface area contributed by atoms with Gasteiger partial charge < -0.3 is 24.8 Å². The number of benzene rings is 2. The van der Waals surface area contributed by atoms with Crippen LogP contribution in [-0.4, -0.2) is 40.4 Å². The largest absolute Gasteiger partial charge is 0.497 e. The van der Waals surface area contributed by atoms with E-state index in [4.69, 9.17) is 14.2 Å². The predicted octanol–water partition coefficient (Wildman–Crippen LogP) is 3.63. The molecule has 28 heavy (non-hydrogen) atoms. The summed E-state index contributed by atoms with van der Waals surface area (Å²) < 4.78 is 15.9. The number of methoxy groups -OCH3 is 3. The smallest absolute Gasteiger partial charge is 0.191 e. The lowest BCUT2D eigenvalue weighted by atomic mass is 10.1. The molecule has 0 aromatic heterocycles. The molecule has 0 bridgehead atoms. The van der Waals surface area contributed by atoms with Crippen molar-refractivity contribution in [3.63, 3.8) is 0 Å². The molecule has 0 aliphatic carbocycles. The number of hydrogen-bond donors (Lipinski definition) is 2. The molecule has 0 amide bonds. The van der Waals surface area contributed by atoms with Crippen LogP contribution in [-0.2, 0) is 13.0 Å². The van der Waals surface area contributed by atoms with Gasteiger partial charge in [-0.3, -0.25) is 0 Å². The van der Waals surface area contributed by atoms with Crippen molar-refractivity contribution >= 4 is 29.9 Å². The molecule has 0 aliphatic heterocycles. The van der Waals surface area contributed by atoms with Crippen molar-refractivity contribution in [3.8, 4) is 17.2 Å². The van der Waals surface area contributed by atoms with Gasteiger partial charge in [0.25, 0.3) is 0 Å². The van der Waals surface area contributed by atoms with Gasteiger partial charge in [-0.15, -0.1) is 24.0 Å². The molecule has 0 aliphatic rings. The summed E-state index contributed by atoms with van der Waals surface area (Å²) in [6.07, 6.45) is 0.882. The van der Waals surface area contributed by atoms with Gasteiger partial charge in [0.15, 0.2) is 5.96 Å². The van der Waals surface area contributed by atoms with E-state index in [1.54, 1.807) is 21.3 Å². The molecule has 2 aromatic rings. The summed E-state index contributed by atoms with van der Waals surface area (Å²) in [4.78, 5) is 4.66. The Hall–Kier alpha value is -2.16. The Morgan fingerprint density at radius 2 is 1.68 bits per heavy atom. The summed E-state index contributed by atoms with van der Waals surface area (Å²) in [6.45, 7) is 4.14. The maximum Gasteiger partial charge on any atom is 0.191 e. The van der Waals surface area contributed by atoms with E-state index in [0.717, 1.165) is 48.3 Å². The zero-order chi connectivity index (χ0) is 19.5. The fourth-order valence-corrected chi connectivity index (χ4v) is 2.64. The van der Waals surface area contributed by atoms with E-state index < -0.39 is 0 Å². The quantitative estimate of drug-likeness (QED) is 0.314. The van der Waals surface area contributed by atoms with E-state index in [9.17, 15) is 0 Å². The molecular weight excluding hydrogens is 469 g/mol. The van der Waals surface area contributed by atoms with Crippen molar-refractivity contribution in [2.45, 2.75) is 19.9 Å². The summed E-state index contributed by atoms with van der Waals surface area (Å²) in [5, 5.41) is 6.64. The minimum atomic E-state index is 0. The summed E-state index contributed by atoms with van der Waals surface area (Å²) in [5.41, 5.74) is 2.22. The lowest BCUT2D eigenvalue weighted by molar-refractivity contribution is 0.391. The van der Waals surface area contributed by atoms with E-state index in [1.165, 1.54) is 5.56 Å². The van der Waals surface area contributed by atoms with Crippen molar-refractivity contribution in [1.29, 1.82) is 0 Å². The first-order valence-electron chi connectivity index (χ1n) is 9.06. The van der Waals surface area contributed by atoms with E-state index in [1.807, 2.05) is 43.3 Å². The second-order valence-corrected chi connectivity index (χ2v) is 5.90. The van der Waals surface area contributed by atoms with Gasteiger partial charge in [-0.1, -0.05) is 12.1 Å². The maximum atomic E-state index is 5.44. The molecule has 7 heteroatoms. The zero-order valence-corrected chi connectivity index (χ0v) is 19.3. The minimum absolute atomic E-state index is 0. The topological polar surface area (TPSA) is 64.1 Å². The second-order valence-electron chi connectivity index (χ2n) is 5.90. The first-order chi connectivity index (χ1) is 13.2. The van der Waals surface area contributed by atoms with Crippen molar-refractivity contribution in [2.75, 3.05) is 34.4 Å². The number of hydrogen-bond acceptors (Lipinski definition) is 4. The highest BCUT2D eigenvalue weighted by Crippen LogP contribution is 2.25. The Morgan fingerprint density at radius 3 is 2.36 bits per heavy atom. The van der Waals surface area contributed by atoms with Crippen LogP contribution in [0.4, 0.5) is 0 Å². The Balaban J connectivity index is 0.00000392. The van der Waals surface area contributed by atoms with E-state index in [-0.39, 0.29) is 24.0 Å². The molecule has 0 saturated heterocycles. The molecule has 0 saturated carbocycles. The van der Waals surface area contributed by atoms with Crippen LogP contribution in [0.2, 0.25) is 0 Å². The number of ether oxygens (including phenoxy) is 3. The average molecular weight is 499 g/mol. The second kappa shape index (κ2) is 13.1. The summed E-state index contributed by atoms with van der Waals surface area (Å²) >= 11 is 0. The van der Waals surface area contributed by atoms with Crippen molar-refractivity contribution in [2.24, 2.45) is 4.99 Å². The third-order valence-electron chi connectivity index (χ3n) is 4.09. The monoisotopic (exact) mass is 499 g/mol. The third kappa shape index (κ3) is 7.46. The number of aliphatic imine (C=N–C) groups is 1. The molecule has 0 atom stereocenters. The summed E-state index contributed by atoms with van der Waals surface area (Å²) in [6, 6.07) is 13.9. The van der Waals surface area contributed by atoms with Crippen molar-refractivity contribution in [3.05, 3.63) is 53.6 Å². The Bertz CT molecular complexity index is 753. The van der Waals surface area contributed by atoms with Crippen LogP contribution < -0.4 is 24.8 Å². The van der Waals surface area contributed by atoms with Gasteiger partial charge >= 0.3 is 0 Å². The number of guanidine groups is 1. The van der Waals surface area contributed by atoms with Gasteiger partial charge in [-0.05, 0) is 43.2 Å². The van der Waals surface area contributed by atoms with E-state index in [0.29, 0.717) is 6.54 Å². The SMILES string of the molecule is CCNC(=NCc1ccc(OC)cc1OC)NCCc1cccc(OC)c1.I. The van der Waals surface area contributed by atoms with Crippen molar-refractivity contribution < 1.29 is 14.2 Å². The molecule has 6 nitrogen and oxygen atoms in total. The first kappa shape index (κ1) is 23.9. The number of halogens is 1. The highest BCUT2D eigenvalue weighted by molar-refractivity contribution is 14.0. The van der Waals surface area contributed by atoms with Crippen LogP contribution in [0.25, 0.3) is 0 Å². The molecule has 0 radical (unpaired) electrons. The Kier molecular flexibility index (Phi) is 11.2. The normalized spacial score (nSPS) is 10.6. The molecule has 2 rings (SSSR count). The van der Waals surface area contributed by atoms with Crippen LogP contribution in [0.15, 0.2) is 47.5 Å². The lowest BCUT2D eigenvalue weighted by Crippen LogP contribution is -2.38. The van der Waals surface area contributed by atoms with Gasteiger partial charge in [0.1, 0.15) is 17.2 Å². The van der Waals surface area contributed by atoms with Gasteiger partial charge in [0.2, 0.25) is 0 Å². The van der Waals surface area contributed by atoms with Crippen LogP contribution >= 0.6 is 24.0 Å². The van der Waals surface area contributed by atoms with E-state index in [2.05, 4.69) is 21.7 Å². The fourth-order valence-electron chi connectivity index (χ4n) is 2.64.